The molecule has 0 bridgehead atoms. The Kier molecular flexibility index (Phi) is 4.78. The van der Waals surface area contributed by atoms with Crippen molar-refractivity contribution in [2.75, 3.05) is 13.2 Å². The van der Waals surface area contributed by atoms with Crippen LogP contribution in [0.3, 0.4) is 0 Å². The molecule has 0 saturated carbocycles. The molecule has 1 rings (SSSR count). The van der Waals surface area contributed by atoms with Gasteiger partial charge in [0.05, 0.1) is 11.5 Å². The number of sulfonamides is 1. The van der Waals surface area contributed by atoms with Crippen LogP contribution < -0.4 is 0 Å². The first-order chi connectivity index (χ1) is 8.28. The summed E-state index contributed by atoms with van der Waals surface area (Å²) in [6, 6.07) is 1.69. The van der Waals surface area contributed by atoms with E-state index in [1.807, 2.05) is 0 Å². The molecule has 1 aromatic carbocycles. The molecular weight excluding hydrogens is 264 g/mol. The molecule has 4 nitrogen and oxygen atoms in total. The van der Waals surface area contributed by atoms with Crippen LogP contribution in [0.1, 0.15) is 13.8 Å². The molecule has 0 spiro atoms. The highest BCUT2D eigenvalue weighted by Crippen LogP contribution is 2.20. The summed E-state index contributed by atoms with van der Waals surface area (Å²) in [5.41, 5.74) is 0. The van der Waals surface area contributed by atoms with Gasteiger partial charge in [0, 0.05) is 18.7 Å². The zero-order valence-electron chi connectivity index (χ0n) is 10.1. The van der Waals surface area contributed by atoms with Crippen molar-refractivity contribution >= 4 is 10.0 Å². The molecule has 1 aromatic rings. The molecule has 0 aliphatic rings. The van der Waals surface area contributed by atoms with E-state index in [0.717, 1.165) is 16.4 Å². The van der Waals surface area contributed by atoms with Gasteiger partial charge in [-0.2, -0.15) is 4.31 Å². The van der Waals surface area contributed by atoms with E-state index in [2.05, 4.69) is 0 Å². The molecular formula is C11H15F2NO3S. The molecule has 0 aliphatic heterocycles. The second kappa shape index (κ2) is 5.73. The predicted molar refractivity (Wildman–Crippen MR) is 62.5 cm³/mol. The van der Waals surface area contributed by atoms with Crippen LogP contribution in [-0.4, -0.2) is 37.0 Å². The Bertz CT molecular complexity index is 497. The standard InChI is InChI=1S/C11H15F2NO3S/c1-8(2)14(3-4-15)18(16,17)11-6-9(12)5-10(13)7-11/h5-8,15H,3-4H2,1-2H3. The van der Waals surface area contributed by atoms with Gasteiger partial charge in [-0.15, -0.1) is 0 Å². The number of aliphatic hydroxyl groups excluding tert-OH is 1. The van der Waals surface area contributed by atoms with Crippen LogP contribution in [0.2, 0.25) is 0 Å². The minimum atomic E-state index is -4.01. The number of aliphatic hydroxyl groups is 1. The van der Waals surface area contributed by atoms with Gasteiger partial charge in [0.1, 0.15) is 11.6 Å². The van der Waals surface area contributed by atoms with Crippen LogP contribution in [0, 0.1) is 11.6 Å². The van der Waals surface area contributed by atoms with Crippen molar-refractivity contribution < 1.29 is 22.3 Å². The third-order valence-corrected chi connectivity index (χ3v) is 4.39. The summed E-state index contributed by atoms with van der Waals surface area (Å²) in [7, 11) is -4.01. The van der Waals surface area contributed by atoms with Crippen molar-refractivity contribution in [3.63, 3.8) is 0 Å². The zero-order valence-corrected chi connectivity index (χ0v) is 10.9. The smallest absolute Gasteiger partial charge is 0.243 e. The van der Waals surface area contributed by atoms with E-state index in [1.165, 1.54) is 0 Å². The van der Waals surface area contributed by atoms with Crippen LogP contribution in [0.25, 0.3) is 0 Å². The summed E-state index contributed by atoms with van der Waals surface area (Å²) in [5, 5.41) is 8.85. The number of rotatable bonds is 5. The van der Waals surface area contributed by atoms with Crippen LogP contribution in [0.4, 0.5) is 8.78 Å². The Labute approximate surface area is 105 Å². The fourth-order valence-electron chi connectivity index (χ4n) is 1.57. The molecule has 1 N–H and O–H groups in total. The average Bonchev–Trinajstić information content (AvgIpc) is 2.23. The van der Waals surface area contributed by atoms with Crippen molar-refractivity contribution in [2.45, 2.75) is 24.8 Å². The van der Waals surface area contributed by atoms with E-state index >= 15 is 0 Å². The van der Waals surface area contributed by atoms with Gasteiger partial charge in [-0.3, -0.25) is 0 Å². The lowest BCUT2D eigenvalue weighted by molar-refractivity contribution is 0.236. The Morgan fingerprint density at radius 3 is 2.11 bits per heavy atom. The van der Waals surface area contributed by atoms with E-state index in [1.54, 1.807) is 13.8 Å². The molecule has 0 amide bonds. The molecule has 0 aliphatic carbocycles. The second-order valence-electron chi connectivity index (χ2n) is 4.04. The van der Waals surface area contributed by atoms with Crippen molar-refractivity contribution in [3.05, 3.63) is 29.8 Å². The van der Waals surface area contributed by atoms with Crippen LogP contribution >= 0.6 is 0 Å². The first-order valence-electron chi connectivity index (χ1n) is 5.38. The van der Waals surface area contributed by atoms with Crippen LogP contribution in [-0.2, 0) is 10.0 Å². The lowest BCUT2D eigenvalue weighted by Crippen LogP contribution is -2.39. The predicted octanol–water partition coefficient (Wildman–Crippen LogP) is 1.36. The van der Waals surface area contributed by atoms with Gasteiger partial charge in [0.15, 0.2) is 0 Å². The number of nitrogens with zero attached hydrogens (tertiary/aromatic N) is 1. The van der Waals surface area contributed by atoms with E-state index in [9.17, 15) is 17.2 Å². The highest BCUT2D eigenvalue weighted by Gasteiger charge is 2.27. The Hall–Kier alpha value is -1.05. The lowest BCUT2D eigenvalue weighted by Gasteiger charge is -2.25. The average molecular weight is 279 g/mol. The summed E-state index contributed by atoms with van der Waals surface area (Å²) in [5.74, 6) is -1.91. The molecule has 0 atom stereocenters. The zero-order chi connectivity index (χ0) is 13.9. The van der Waals surface area contributed by atoms with E-state index in [-0.39, 0.29) is 13.2 Å². The van der Waals surface area contributed by atoms with Crippen LogP contribution in [0.5, 0.6) is 0 Å². The molecule has 0 fully saturated rings. The molecule has 102 valence electrons. The van der Waals surface area contributed by atoms with Gasteiger partial charge in [0.25, 0.3) is 0 Å². The minimum absolute atomic E-state index is 0.127. The second-order valence-corrected chi connectivity index (χ2v) is 5.93. The highest BCUT2D eigenvalue weighted by molar-refractivity contribution is 7.89. The summed E-state index contributed by atoms with van der Waals surface area (Å²) in [6.07, 6.45) is 0. The molecule has 0 aromatic heterocycles. The lowest BCUT2D eigenvalue weighted by atomic mass is 10.3. The molecule has 0 saturated heterocycles. The number of benzene rings is 1. The van der Waals surface area contributed by atoms with Gasteiger partial charge in [0.2, 0.25) is 10.0 Å². The quantitative estimate of drug-likeness (QED) is 0.885. The molecule has 0 radical (unpaired) electrons. The van der Waals surface area contributed by atoms with E-state index in [4.69, 9.17) is 5.11 Å². The van der Waals surface area contributed by atoms with Crippen molar-refractivity contribution in [2.24, 2.45) is 0 Å². The fourth-order valence-corrected chi connectivity index (χ4v) is 3.24. The number of hydrogen-bond acceptors (Lipinski definition) is 3. The highest BCUT2D eigenvalue weighted by atomic mass is 32.2. The van der Waals surface area contributed by atoms with Gasteiger partial charge in [-0.25, -0.2) is 17.2 Å². The normalized spacial score (nSPS) is 12.4. The molecule has 18 heavy (non-hydrogen) atoms. The molecule has 0 unspecified atom stereocenters. The Balaban J connectivity index is 3.26. The minimum Gasteiger partial charge on any atom is -0.395 e. The summed E-state index contributed by atoms with van der Waals surface area (Å²) in [4.78, 5) is -0.456. The Morgan fingerprint density at radius 1 is 1.22 bits per heavy atom. The monoisotopic (exact) mass is 279 g/mol. The SMILES string of the molecule is CC(C)N(CCO)S(=O)(=O)c1cc(F)cc(F)c1. The number of halogens is 2. The third kappa shape index (κ3) is 3.24. The third-order valence-electron chi connectivity index (χ3n) is 2.34. The van der Waals surface area contributed by atoms with Gasteiger partial charge >= 0.3 is 0 Å². The largest absolute Gasteiger partial charge is 0.395 e. The molecule has 0 heterocycles. The summed E-state index contributed by atoms with van der Waals surface area (Å²) < 4.78 is 51.4. The van der Waals surface area contributed by atoms with Crippen molar-refractivity contribution in [3.8, 4) is 0 Å². The Morgan fingerprint density at radius 2 is 1.72 bits per heavy atom. The maximum absolute atomic E-state index is 13.0. The van der Waals surface area contributed by atoms with Gasteiger partial charge in [-0.05, 0) is 26.0 Å². The van der Waals surface area contributed by atoms with Crippen molar-refractivity contribution in [1.29, 1.82) is 0 Å². The van der Waals surface area contributed by atoms with Gasteiger partial charge in [-0.1, -0.05) is 0 Å². The van der Waals surface area contributed by atoms with E-state index in [0.29, 0.717) is 6.07 Å². The topological polar surface area (TPSA) is 57.6 Å². The fraction of sp³-hybridized carbons (Fsp3) is 0.455. The van der Waals surface area contributed by atoms with Crippen molar-refractivity contribution in [1.82, 2.24) is 4.31 Å². The van der Waals surface area contributed by atoms with E-state index < -0.39 is 32.6 Å². The first-order valence-corrected chi connectivity index (χ1v) is 6.82. The summed E-state index contributed by atoms with van der Waals surface area (Å²) in [6.45, 7) is 2.74. The van der Waals surface area contributed by atoms with Crippen LogP contribution in [0.15, 0.2) is 23.1 Å². The molecule has 7 heteroatoms. The number of hydrogen-bond donors (Lipinski definition) is 1. The van der Waals surface area contributed by atoms with Gasteiger partial charge < -0.3 is 5.11 Å². The summed E-state index contributed by atoms with van der Waals surface area (Å²) >= 11 is 0. The maximum Gasteiger partial charge on any atom is 0.243 e. The maximum atomic E-state index is 13.0. The first kappa shape index (κ1) is 15.0.